The number of rotatable bonds is 4. The predicted molar refractivity (Wildman–Crippen MR) is 118 cm³/mol. The molecule has 2 heterocycles. The lowest BCUT2D eigenvalue weighted by Gasteiger charge is -2.45. The molecule has 0 atom stereocenters. The summed E-state index contributed by atoms with van der Waals surface area (Å²) in [6.07, 6.45) is 9.24. The van der Waals surface area contributed by atoms with Crippen LogP contribution in [0.1, 0.15) is 61.9 Å². The highest BCUT2D eigenvalue weighted by molar-refractivity contribution is 6.34. The van der Waals surface area contributed by atoms with Crippen molar-refractivity contribution in [3.05, 3.63) is 45.1 Å². The third kappa shape index (κ3) is 4.02. The van der Waals surface area contributed by atoms with E-state index in [1.54, 1.807) is 0 Å². The van der Waals surface area contributed by atoms with Crippen LogP contribution in [0.4, 0.5) is 5.82 Å². The number of benzene rings is 1. The Morgan fingerprint density at radius 2 is 1.79 bits per heavy atom. The maximum absolute atomic E-state index is 11.1. The molecule has 0 amide bonds. The second-order valence-corrected chi connectivity index (χ2v) is 9.08. The van der Waals surface area contributed by atoms with Crippen LogP contribution in [0.15, 0.2) is 23.4 Å². The number of nitrogens with zero attached hydrogens (tertiary/aromatic N) is 4. The summed E-state index contributed by atoms with van der Waals surface area (Å²) in [7, 11) is 0. The number of anilines is 1. The highest BCUT2D eigenvalue weighted by atomic mass is 35.5. The van der Waals surface area contributed by atoms with E-state index in [2.05, 4.69) is 10.1 Å². The zero-order valence-electron chi connectivity index (χ0n) is 17.4. The number of hydrogen-bond donors (Lipinski definition) is 0. The van der Waals surface area contributed by atoms with Gasteiger partial charge in [0.25, 0.3) is 0 Å². The van der Waals surface area contributed by atoms with Crippen molar-refractivity contribution in [1.29, 1.82) is 0 Å². The first kappa shape index (κ1) is 20.3. The molecule has 1 aromatic heterocycles. The summed E-state index contributed by atoms with van der Waals surface area (Å²) in [6.45, 7) is 5.93. The maximum Gasteiger partial charge on any atom is 0.152 e. The Bertz CT molecular complexity index is 898. The fraction of sp³-hybridized carbons (Fsp3) is 0.565. The van der Waals surface area contributed by atoms with Gasteiger partial charge >= 0.3 is 0 Å². The van der Waals surface area contributed by atoms with Gasteiger partial charge in [0.15, 0.2) is 5.82 Å². The number of piperidine rings is 1. The molecule has 0 radical (unpaired) electrons. The van der Waals surface area contributed by atoms with Crippen LogP contribution in [0.2, 0.25) is 5.02 Å². The van der Waals surface area contributed by atoms with E-state index >= 15 is 0 Å². The molecule has 1 aromatic carbocycles. The van der Waals surface area contributed by atoms with Crippen molar-refractivity contribution in [3.63, 3.8) is 0 Å². The Morgan fingerprint density at radius 3 is 2.48 bits per heavy atom. The maximum atomic E-state index is 11.1. The van der Waals surface area contributed by atoms with E-state index < -0.39 is 0 Å². The van der Waals surface area contributed by atoms with E-state index in [0.717, 1.165) is 41.4 Å². The minimum Gasteiger partial charge on any atom is -0.355 e. The van der Waals surface area contributed by atoms with E-state index in [9.17, 15) is 4.91 Å². The molecular formula is C23H29ClN4O. The van der Waals surface area contributed by atoms with Crippen LogP contribution in [0, 0.1) is 24.2 Å². The number of hydrogen-bond acceptors (Lipinski definition) is 5. The van der Waals surface area contributed by atoms with Gasteiger partial charge in [-0.2, -0.15) is 4.91 Å². The van der Waals surface area contributed by atoms with Crippen molar-refractivity contribution in [2.75, 3.05) is 18.0 Å². The van der Waals surface area contributed by atoms with Crippen LogP contribution < -0.4 is 4.90 Å². The van der Waals surface area contributed by atoms with Crippen LogP contribution in [0.3, 0.4) is 0 Å². The molecule has 0 unspecified atom stereocenters. The SMILES string of the molecule is Cc1cccc(-c2nc(CN=O)c(N3CCC4(CCCCC4)CC3)nc2C)c1Cl. The van der Waals surface area contributed by atoms with Crippen molar-refractivity contribution >= 4 is 17.4 Å². The normalized spacial score (nSPS) is 18.8. The van der Waals surface area contributed by atoms with Crippen LogP contribution in [-0.4, -0.2) is 23.1 Å². The van der Waals surface area contributed by atoms with Crippen LogP contribution in [0.25, 0.3) is 11.3 Å². The Hall–Kier alpha value is -2.01. The monoisotopic (exact) mass is 412 g/mol. The molecule has 2 aliphatic rings. The highest BCUT2D eigenvalue weighted by Crippen LogP contribution is 2.45. The van der Waals surface area contributed by atoms with E-state index in [0.29, 0.717) is 16.1 Å². The molecule has 1 saturated carbocycles. The van der Waals surface area contributed by atoms with Gasteiger partial charge in [-0.15, -0.1) is 0 Å². The average molecular weight is 413 g/mol. The van der Waals surface area contributed by atoms with Gasteiger partial charge in [-0.3, -0.25) is 0 Å². The molecule has 6 heteroatoms. The molecule has 1 aliphatic carbocycles. The number of nitroso groups, excluding NO2 is 1. The third-order valence-corrected chi connectivity index (χ3v) is 7.32. The summed E-state index contributed by atoms with van der Waals surface area (Å²) < 4.78 is 0. The summed E-state index contributed by atoms with van der Waals surface area (Å²) in [4.78, 5) is 23.2. The Labute approximate surface area is 177 Å². The molecule has 1 aliphatic heterocycles. The topological polar surface area (TPSA) is 58.5 Å². The lowest BCUT2D eigenvalue weighted by atomic mass is 9.68. The first-order valence-electron chi connectivity index (χ1n) is 10.7. The van der Waals surface area contributed by atoms with E-state index in [4.69, 9.17) is 21.6 Å². The van der Waals surface area contributed by atoms with Crippen molar-refractivity contribution in [2.24, 2.45) is 10.6 Å². The second-order valence-electron chi connectivity index (χ2n) is 8.70. The summed E-state index contributed by atoms with van der Waals surface area (Å²) in [6, 6.07) is 5.90. The molecule has 1 saturated heterocycles. The van der Waals surface area contributed by atoms with Gasteiger partial charge in [0, 0.05) is 18.7 Å². The van der Waals surface area contributed by atoms with Crippen LogP contribution in [0.5, 0.6) is 0 Å². The average Bonchev–Trinajstić information content (AvgIpc) is 2.73. The zero-order chi connectivity index (χ0) is 20.4. The number of halogens is 1. The molecule has 2 aromatic rings. The van der Waals surface area contributed by atoms with Crippen molar-refractivity contribution in [2.45, 2.75) is 65.3 Å². The van der Waals surface area contributed by atoms with E-state index in [-0.39, 0.29) is 6.54 Å². The lowest BCUT2D eigenvalue weighted by molar-refractivity contribution is 0.144. The smallest absolute Gasteiger partial charge is 0.152 e. The van der Waals surface area contributed by atoms with Gasteiger partial charge in [-0.25, -0.2) is 9.97 Å². The largest absolute Gasteiger partial charge is 0.355 e. The molecular weight excluding hydrogens is 384 g/mol. The Balaban J connectivity index is 1.65. The number of aromatic nitrogens is 2. The summed E-state index contributed by atoms with van der Waals surface area (Å²) in [5, 5.41) is 3.82. The quantitative estimate of drug-likeness (QED) is 0.558. The van der Waals surface area contributed by atoms with Gasteiger partial charge in [-0.1, -0.05) is 54.2 Å². The predicted octanol–water partition coefficient (Wildman–Crippen LogP) is 6.23. The summed E-state index contributed by atoms with van der Waals surface area (Å²) in [5.74, 6) is 0.820. The van der Waals surface area contributed by atoms with Gasteiger partial charge in [0.1, 0.15) is 12.2 Å². The van der Waals surface area contributed by atoms with Crippen LogP contribution in [-0.2, 0) is 6.54 Å². The molecule has 4 rings (SSSR count). The first-order chi connectivity index (χ1) is 14.0. The third-order valence-electron chi connectivity index (χ3n) is 6.82. The minimum absolute atomic E-state index is 0.0285. The molecule has 1 spiro atoms. The number of aryl methyl sites for hydroxylation is 2. The fourth-order valence-electron chi connectivity index (χ4n) is 5.04. The molecule has 154 valence electrons. The molecule has 0 N–H and O–H groups in total. The Morgan fingerprint density at radius 1 is 1.07 bits per heavy atom. The van der Waals surface area contributed by atoms with E-state index in [1.807, 2.05) is 32.0 Å². The van der Waals surface area contributed by atoms with Gasteiger partial charge < -0.3 is 4.90 Å². The van der Waals surface area contributed by atoms with Gasteiger partial charge in [-0.05, 0) is 50.5 Å². The van der Waals surface area contributed by atoms with Gasteiger partial charge in [0.05, 0.1) is 16.4 Å². The molecule has 29 heavy (non-hydrogen) atoms. The highest BCUT2D eigenvalue weighted by Gasteiger charge is 2.36. The van der Waals surface area contributed by atoms with Gasteiger partial charge in [0.2, 0.25) is 0 Å². The standard InChI is InChI=1S/C23H29ClN4O/c1-16-7-6-8-18(20(16)24)21-17(2)26-22(19(27-21)15-25-29)28-13-11-23(12-14-28)9-4-3-5-10-23/h6-8H,3-5,9-15H2,1-2H3. The van der Waals surface area contributed by atoms with Crippen molar-refractivity contribution in [3.8, 4) is 11.3 Å². The molecule has 2 fully saturated rings. The lowest BCUT2D eigenvalue weighted by Crippen LogP contribution is -2.42. The van der Waals surface area contributed by atoms with Crippen molar-refractivity contribution < 1.29 is 0 Å². The summed E-state index contributed by atoms with van der Waals surface area (Å²) >= 11 is 6.54. The first-order valence-corrected chi connectivity index (χ1v) is 11.1. The summed E-state index contributed by atoms with van der Waals surface area (Å²) in [5.41, 5.74) is 4.60. The molecule has 5 nitrogen and oxygen atoms in total. The zero-order valence-corrected chi connectivity index (χ0v) is 18.1. The van der Waals surface area contributed by atoms with Crippen LogP contribution >= 0.6 is 11.6 Å². The van der Waals surface area contributed by atoms with Crippen molar-refractivity contribution in [1.82, 2.24) is 9.97 Å². The minimum atomic E-state index is 0.0285. The fourth-order valence-corrected chi connectivity index (χ4v) is 5.26. The van der Waals surface area contributed by atoms with E-state index in [1.165, 1.54) is 44.9 Å². The Kier molecular flexibility index (Phi) is 5.86. The second kappa shape index (κ2) is 8.39. The molecule has 0 bridgehead atoms.